The van der Waals surface area contributed by atoms with Crippen LogP contribution in [0.2, 0.25) is 0 Å². The fourth-order valence-corrected chi connectivity index (χ4v) is 1.85. The minimum Gasteiger partial charge on any atom is -0.307 e. The van der Waals surface area contributed by atoms with Crippen LogP contribution in [0.1, 0.15) is 32.5 Å². The predicted octanol–water partition coefficient (Wildman–Crippen LogP) is 1.41. The van der Waals surface area contributed by atoms with E-state index in [1.807, 2.05) is 17.9 Å². The molecular formula is C12H24N4. The van der Waals surface area contributed by atoms with Gasteiger partial charge in [-0.1, -0.05) is 6.92 Å². The van der Waals surface area contributed by atoms with E-state index in [1.54, 1.807) is 0 Å². The highest BCUT2D eigenvalue weighted by atomic mass is 15.3. The van der Waals surface area contributed by atoms with E-state index in [4.69, 9.17) is 0 Å². The van der Waals surface area contributed by atoms with E-state index in [1.165, 1.54) is 5.69 Å². The van der Waals surface area contributed by atoms with Crippen LogP contribution in [0.15, 0.2) is 12.3 Å². The Hall–Kier alpha value is -0.870. The van der Waals surface area contributed by atoms with Gasteiger partial charge in [-0.25, -0.2) is 0 Å². The van der Waals surface area contributed by atoms with Crippen molar-refractivity contribution in [2.45, 2.75) is 32.4 Å². The molecule has 0 bridgehead atoms. The molecule has 1 atom stereocenters. The fourth-order valence-electron chi connectivity index (χ4n) is 1.85. The highest BCUT2D eigenvalue weighted by Crippen LogP contribution is 2.28. The third-order valence-corrected chi connectivity index (χ3v) is 3.42. The van der Waals surface area contributed by atoms with Crippen LogP contribution in [0.25, 0.3) is 0 Å². The third kappa shape index (κ3) is 2.44. The number of hydrogen-bond donors (Lipinski definition) is 1. The minimum atomic E-state index is 0.0454. The topological polar surface area (TPSA) is 33.1 Å². The molecule has 4 heteroatoms. The van der Waals surface area contributed by atoms with E-state index >= 15 is 0 Å². The maximum atomic E-state index is 4.25. The lowest BCUT2D eigenvalue weighted by molar-refractivity contribution is 0.134. The van der Waals surface area contributed by atoms with Crippen molar-refractivity contribution < 1.29 is 0 Å². The summed E-state index contributed by atoms with van der Waals surface area (Å²) in [5, 5.41) is 7.80. The maximum absolute atomic E-state index is 4.25. The molecule has 0 spiro atoms. The van der Waals surface area contributed by atoms with Crippen LogP contribution >= 0.6 is 0 Å². The second-order valence-corrected chi connectivity index (χ2v) is 4.92. The summed E-state index contributed by atoms with van der Waals surface area (Å²) >= 11 is 0. The Morgan fingerprint density at radius 1 is 1.50 bits per heavy atom. The molecule has 0 aliphatic heterocycles. The van der Waals surface area contributed by atoms with Gasteiger partial charge in [0.05, 0.1) is 11.7 Å². The van der Waals surface area contributed by atoms with E-state index in [0.717, 1.165) is 6.54 Å². The van der Waals surface area contributed by atoms with E-state index in [9.17, 15) is 0 Å². The number of aromatic nitrogens is 2. The van der Waals surface area contributed by atoms with E-state index < -0.39 is 0 Å². The second-order valence-electron chi connectivity index (χ2n) is 4.92. The standard InChI is InChI=1S/C12H24N4/c1-7-13-11(12(2,3)15(4)5)10-8-9-14-16(10)6/h8-9,11,13H,7H2,1-6H3. The molecule has 1 unspecified atom stereocenters. The molecular weight excluding hydrogens is 200 g/mol. The maximum Gasteiger partial charge on any atom is 0.0673 e. The van der Waals surface area contributed by atoms with Crippen LogP contribution in [0.4, 0.5) is 0 Å². The van der Waals surface area contributed by atoms with Crippen molar-refractivity contribution in [3.05, 3.63) is 18.0 Å². The lowest BCUT2D eigenvalue weighted by atomic mass is 9.90. The number of aryl methyl sites for hydroxylation is 1. The van der Waals surface area contributed by atoms with Crippen LogP contribution in [-0.4, -0.2) is 40.9 Å². The van der Waals surface area contributed by atoms with Gasteiger partial charge in [0.15, 0.2) is 0 Å². The first-order chi connectivity index (χ1) is 7.41. The summed E-state index contributed by atoms with van der Waals surface area (Å²) in [4.78, 5) is 2.24. The number of nitrogens with zero attached hydrogens (tertiary/aromatic N) is 3. The molecule has 92 valence electrons. The summed E-state index contributed by atoms with van der Waals surface area (Å²) in [6, 6.07) is 2.36. The minimum absolute atomic E-state index is 0.0454. The van der Waals surface area contributed by atoms with E-state index in [0.29, 0.717) is 0 Å². The van der Waals surface area contributed by atoms with Crippen molar-refractivity contribution in [3.8, 4) is 0 Å². The average Bonchev–Trinajstić information content (AvgIpc) is 2.60. The van der Waals surface area contributed by atoms with Crippen molar-refractivity contribution in [1.29, 1.82) is 0 Å². The summed E-state index contributed by atoms with van der Waals surface area (Å²) in [6.07, 6.45) is 1.85. The highest BCUT2D eigenvalue weighted by Gasteiger charge is 2.33. The summed E-state index contributed by atoms with van der Waals surface area (Å²) in [5.74, 6) is 0. The molecule has 1 aromatic rings. The zero-order valence-electron chi connectivity index (χ0n) is 11.3. The Morgan fingerprint density at radius 2 is 2.12 bits per heavy atom. The van der Waals surface area contributed by atoms with Gasteiger partial charge in [0.1, 0.15) is 0 Å². The van der Waals surface area contributed by atoms with E-state index in [2.05, 4.69) is 56.2 Å². The zero-order valence-corrected chi connectivity index (χ0v) is 11.3. The quantitative estimate of drug-likeness (QED) is 0.821. The van der Waals surface area contributed by atoms with Crippen LogP contribution in [0.5, 0.6) is 0 Å². The molecule has 0 aliphatic carbocycles. The fraction of sp³-hybridized carbons (Fsp3) is 0.750. The van der Waals surface area contributed by atoms with Crippen molar-refractivity contribution in [3.63, 3.8) is 0 Å². The van der Waals surface area contributed by atoms with Gasteiger partial charge in [-0.05, 0) is 40.6 Å². The number of rotatable bonds is 5. The summed E-state index contributed by atoms with van der Waals surface area (Å²) in [6.45, 7) is 7.57. The molecule has 16 heavy (non-hydrogen) atoms. The van der Waals surface area contributed by atoms with Crippen LogP contribution in [0.3, 0.4) is 0 Å². The summed E-state index contributed by atoms with van der Waals surface area (Å²) in [7, 11) is 6.22. The Bertz CT molecular complexity index is 328. The van der Waals surface area contributed by atoms with Crippen molar-refractivity contribution >= 4 is 0 Å². The first kappa shape index (κ1) is 13.2. The smallest absolute Gasteiger partial charge is 0.0673 e. The summed E-state index contributed by atoms with van der Waals surface area (Å²) < 4.78 is 1.94. The Labute approximate surface area is 98.6 Å². The SMILES string of the molecule is CCNC(c1ccnn1C)C(C)(C)N(C)C. The molecule has 0 fully saturated rings. The Morgan fingerprint density at radius 3 is 2.50 bits per heavy atom. The van der Waals surface area contributed by atoms with Gasteiger partial charge in [0, 0.05) is 18.8 Å². The van der Waals surface area contributed by atoms with Crippen molar-refractivity contribution in [1.82, 2.24) is 20.0 Å². The zero-order chi connectivity index (χ0) is 12.3. The first-order valence-corrected chi connectivity index (χ1v) is 5.80. The van der Waals surface area contributed by atoms with Gasteiger partial charge >= 0.3 is 0 Å². The average molecular weight is 224 g/mol. The highest BCUT2D eigenvalue weighted by molar-refractivity contribution is 5.13. The predicted molar refractivity (Wildman–Crippen MR) is 67.4 cm³/mol. The van der Waals surface area contributed by atoms with Crippen LogP contribution in [0, 0.1) is 0 Å². The lowest BCUT2D eigenvalue weighted by Gasteiger charge is -2.40. The second kappa shape index (κ2) is 4.97. The Balaban J connectivity index is 3.05. The van der Waals surface area contributed by atoms with Crippen LogP contribution in [-0.2, 0) is 7.05 Å². The lowest BCUT2D eigenvalue weighted by Crippen LogP contribution is -2.49. The number of hydrogen-bond acceptors (Lipinski definition) is 3. The van der Waals surface area contributed by atoms with E-state index in [-0.39, 0.29) is 11.6 Å². The van der Waals surface area contributed by atoms with Gasteiger partial charge in [0.25, 0.3) is 0 Å². The van der Waals surface area contributed by atoms with Crippen molar-refractivity contribution in [2.75, 3.05) is 20.6 Å². The molecule has 4 nitrogen and oxygen atoms in total. The molecule has 0 aliphatic rings. The number of likely N-dealkylation sites (N-methyl/N-ethyl adjacent to an activating group) is 2. The molecule has 0 radical (unpaired) electrons. The van der Waals surface area contributed by atoms with Crippen LogP contribution < -0.4 is 5.32 Å². The molecule has 0 aromatic carbocycles. The molecule has 1 N–H and O–H groups in total. The van der Waals surface area contributed by atoms with Gasteiger partial charge < -0.3 is 10.2 Å². The van der Waals surface area contributed by atoms with Crippen molar-refractivity contribution in [2.24, 2.45) is 7.05 Å². The molecule has 0 saturated heterocycles. The molecule has 1 heterocycles. The van der Waals surface area contributed by atoms with Gasteiger partial charge in [-0.2, -0.15) is 5.10 Å². The van der Waals surface area contributed by atoms with Gasteiger partial charge in [-0.3, -0.25) is 4.68 Å². The Kier molecular flexibility index (Phi) is 4.10. The number of nitrogens with one attached hydrogen (secondary N) is 1. The molecule has 1 rings (SSSR count). The molecule has 0 amide bonds. The third-order valence-electron chi connectivity index (χ3n) is 3.42. The first-order valence-electron chi connectivity index (χ1n) is 5.80. The monoisotopic (exact) mass is 224 g/mol. The largest absolute Gasteiger partial charge is 0.307 e. The normalized spacial score (nSPS) is 14.4. The summed E-state index contributed by atoms with van der Waals surface area (Å²) in [5.41, 5.74) is 1.27. The van der Waals surface area contributed by atoms with Gasteiger partial charge in [-0.15, -0.1) is 0 Å². The molecule has 0 saturated carbocycles. The molecule has 1 aromatic heterocycles. The van der Waals surface area contributed by atoms with Gasteiger partial charge in [0.2, 0.25) is 0 Å².